The Morgan fingerprint density at radius 1 is 0.952 bits per heavy atom. The van der Waals surface area contributed by atoms with Gasteiger partial charge in [-0.05, 0) is 13.3 Å². The van der Waals surface area contributed by atoms with Crippen LogP contribution in [0.3, 0.4) is 0 Å². The van der Waals surface area contributed by atoms with E-state index in [0.29, 0.717) is 6.08 Å². The summed E-state index contributed by atoms with van der Waals surface area (Å²) in [4.78, 5) is 10.3. The van der Waals surface area contributed by atoms with Gasteiger partial charge in [-0.2, -0.15) is 39.5 Å². The number of aliphatic carboxylic acids is 1. The Kier molecular flexibility index (Phi) is 5.37. The topological polar surface area (TPSA) is 37.3 Å². The normalized spacial score (nSPS) is 15.2. The van der Waals surface area contributed by atoms with Crippen LogP contribution in [0.2, 0.25) is 0 Å². The second-order valence-electron chi connectivity index (χ2n) is 4.08. The van der Waals surface area contributed by atoms with Crippen LogP contribution in [0.15, 0.2) is 11.6 Å². The van der Waals surface area contributed by atoms with Gasteiger partial charge in [0, 0.05) is 12.0 Å². The summed E-state index contributed by atoms with van der Waals surface area (Å²) in [6.45, 7) is 0.906. The molecular formula is C10H9F9O2. The zero-order valence-electron chi connectivity index (χ0n) is 10.2. The van der Waals surface area contributed by atoms with Crippen LogP contribution in [0.5, 0.6) is 0 Å². The van der Waals surface area contributed by atoms with Crippen LogP contribution < -0.4 is 0 Å². The lowest BCUT2D eigenvalue weighted by molar-refractivity contribution is -0.396. The number of hydrogen-bond acceptors (Lipinski definition) is 1. The molecule has 0 heterocycles. The first-order valence-electron chi connectivity index (χ1n) is 5.18. The number of rotatable bonds is 6. The zero-order chi connectivity index (χ0) is 17.3. The van der Waals surface area contributed by atoms with Gasteiger partial charge in [-0.25, -0.2) is 4.79 Å². The summed E-state index contributed by atoms with van der Waals surface area (Å²) in [6.07, 6.45) is -9.53. The number of allylic oxidation sites excluding steroid dienone is 1. The van der Waals surface area contributed by atoms with Crippen molar-refractivity contribution in [2.24, 2.45) is 0 Å². The molecule has 0 aliphatic carbocycles. The second-order valence-corrected chi connectivity index (χ2v) is 4.08. The predicted octanol–water partition coefficient (Wildman–Crippen LogP) is 4.27. The Hall–Kier alpha value is -1.42. The average molecular weight is 332 g/mol. The number of carboxylic acid groups (broad SMARTS) is 1. The van der Waals surface area contributed by atoms with E-state index in [0.717, 1.165) is 6.92 Å². The van der Waals surface area contributed by atoms with Gasteiger partial charge in [0.25, 0.3) is 0 Å². The molecule has 0 spiro atoms. The molecular weight excluding hydrogens is 323 g/mol. The zero-order valence-corrected chi connectivity index (χ0v) is 10.2. The molecule has 0 atom stereocenters. The minimum atomic E-state index is -6.92. The Bertz CT molecular complexity index is 423. The number of halogens is 9. The van der Waals surface area contributed by atoms with E-state index in [1.807, 2.05) is 0 Å². The Balaban J connectivity index is 5.23. The molecule has 0 unspecified atom stereocenters. The molecule has 2 nitrogen and oxygen atoms in total. The van der Waals surface area contributed by atoms with Crippen molar-refractivity contribution in [3.05, 3.63) is 11.6 Å². The fourth-order valence-electron chi connectivity index (χ4n) is 1.12. The van der Waals surface area contributed by atoms with Crippen molar-refractivity contribution in [1.82, 2.24) is 0 Å². The number of carboxylic acids is 1. The van der Waals surface area contributed by atoms with E-state index < -0.39 is 48.3 Å². The first-order chi connectivity index (χ1) is 9.08. The van der Waals surface area contributed by atoms with Gasteiger partial charge < -0.3 is 5.11 Å². The highest BCUT2D eigenvalue weighted by atomic mass is 19.4. The van der Waals surface area contributed by atoms with Crippen molar-refractivity contribution in [1.29, 1.82) is 0 Å². The molecule has 0 rings (SSSR count). The van der Waals surface area contributed by atoms with E-state index in [1.54, 1.807) is 0 Å². The van der Waals surface area contributed by atoms with E-state index in [4.69, 9.17) is 5.11 Å². The third-order valence-corrected chi connectivity index (χ3v) is 2.46. The quantitative estimate of drug-likeness (QED) is 0.583. The lowest BCUT2D eigenvalue weighted by Gasteiger charge is -2.33. The molecule has 0 amide bonds. The van der Waals surface area contributed by atoms with Crippen molar-refractivity contribution in [3.63, 3.8) is 0 Å². The van der Waals surface area contributed by atoms with Crippen molar-refractivity contribution in [2.45, 2.75) is 43.7 Å². The molecule has 0 aromatic heterocycles. The minimum absolute atomic E-state index is 0.512. The van der Waals surface area contributed by atoms with Gasteiger partial charge in [0.15, 0.2) is 0 Å². The highest BCUT2D eigenvalue weighted by Crippen LogP contribution is 2.54. The standard InChI is InChI=1S/C10H9F9O2/c1-5(6(20)21)3-2-4-7(11,12)8(13,14)9(15,16)10(17,18)19/h3H,2,4H2,1H3,(H,20,21). The van der Waals surface area contributed by atoms with E-state index in [9.17, 15) is 44.3 Å². The Morgan fingerprint density at radius 3 is 1.71 bits per heavy atom. The summed E-state index contributed by atoms with van der Waals surface area (Å²) < 4.78 is 112. The van der Waals surface area contributed by atoms with Crippen LogP contribution in [0.1, 0.15) is 19.8 Å². The SMILES string of the molecule is CC(=CCCC(F)(F)C(F)(F)C(F)(F)C(F)(F)F)C(=O)O. The summed E-state index contributed by atoms with van der Waals surface area (Å²) in [5.74, 6) is -20.8. The van der Waals surface area contributed by atoms with Crippen LogP contribution in [0.4, 0.5) is 39.5 Å². The summed E-state index contributed by atoms with van der Waals surface area (Å²) in [6, 6.07) is 0. The van der Waals surface area contributed by atoms with Gasteiger partial charge in [0.1, 0.15) is 0 Å². The van der Waals surface area contributed by atoms with Crippen molar-refractivity contribution in [2.75, 3.05) is 0 Å². The molecule has 0 saturated heterocycles. The van der Waals surface area contributed by atoms with E-state index in [-0.39, 0.29) is 0 Å². The molecule has 0 aliphatic rings. The Labute approximate surface area is 112 Å². The monoisotopic (exact) mass is 332 g/mol. The van der Waals surface area contributed by atoms with Gasteiger partial charge in [-0.3, -0.25) is 0 Å². The highest BCUT2D eigenvalue weighted by Gasteiger charge is 2.81. The third-order valence-electron chi connectivity index (χ3n) is 2.46. The lowest BCUT2D eigenvalue weighted by Crippen LogP contribution is -2.60. The molecule has 0 bridgehead atoms. The van der Waals surface area contributed by atoms with Crippen LogP contribution in [-0.4, -0.2) is 35.0 Å². The summed E-state index contributed by atoms with van der Waals surface area (Å²) in [5.41, 5.74) is -0.545. The lowest BCUT2D eigenvalue weighted by atomic mass is 9.99. The van der Waals surface area contributed by atoms with Crippen LogP contribution in [0, 0.1) is 0 Å². The van der Waals surface area contributed by atoms with Crippen molar-refractivity contribution < 1.29 is 49.4 Å². The summed E-state index contributed by atoms with van der Waals surface area (Å²) >= 11 is 0. The number of alkyl halides is 9. The van der Waals surface area contributed by atoms with Crippen molar-refractivity contribution >= 4 is 5.97 Å². The molecule has 0 saturated carbocycles. The third kappa shape index (κ3) is 3.82. The van der Waals surface area contributed by atoms with Gasteiger partial charge >= 0.3 is 29.9 Å². The van der Waals surface area contributed by atoms with E-state index in [2.05, 4.69) is 0 Å². The number of carbonyl (C=O) groups is 1. The summed E-state index contributed by atoms with van der Waals surface area (Å²) in [7, 11) is 0. The van der Waals surface area contributed by atoms with E-state index >= 15 is 0 Å². The second kappa shape index (κ2) is 5.76. The fourth-order valence-corrected chi connectivity index (χ4v) is 1.12. The van der Waals surface area contributed by atoms with Crippen LogP contribution in [0.25, 0.3) is 0 Å². The molecule has 0 radical (unpaired) electrons. The minimum Gasteiger partial charge on any atom is -0.478 e. The van der Waals surface area contributed by atoms with Crippen LogP contribution >= 0.6 is 0 Å². The fraction of sp³-hybridized carbons (Fsp3) is 0.700. The molecule has 0 aliphatic heterocycles. The molecule has 124 valence electrons. The average Bonchev–Trinajstić information content (AvgIpc) is 2.26. The molecule has 11 heteroatoms. The largest absolute Gasteiger partial charge is 0.478 e. The molecule has 0 fully saturated rings. The molecule has 1 N–H and O–H groups in total. The van der Waals surface area contributed by atoms with Gasteiger partial charge in [0.2, 0.25) is 0 Å². The Morgan fingerprint density at radius 2 is 1.38 bits per heavy atom. The summed E-state index contributed by atoms with van der Waals surface area (Å²) in [5, 5.41) is 8.33. The maximum absolute atomic E-state index is 13.0. The van der Waals surface area contributed by atoms with E-state index in [1.165, 1.54) is 0 Å². The van der Waals surface area contributed by atoms with Crippen LogP contribution in [-0.2, 0) is 4.79 Å². The highest BCUT2D eigenvalue weighted by molar-refractivity contribution is 5.85. The smallest absolute Gasteiger partial charge is 0.460 e. The van der Waals surface area contributed by atoms with Gasteiger partial charge in [-0.1, -0.05) is 6.08 Å². The van der Waals surface area contributed by atoms with Gasteiger partial charge in [0.05, 0.1) is 0 Å². The predicted molar refractivity (Wildman–Crippen MR) is 51.5 cm³/mol. The first-order valence-corrected chi connectivity index (χ1v) is 5.18. The maximum Gasteiger partial charge on any atom is 0.460 e. The maximum atomic E-state index is 13.0. The molecule has 0 aromatic rings. The first kappa shape index (κ1) is 19.6. The number of hydrogen-bond donors (Lipinski definition) is 1. The molecule has 0 aromatic carbocycles. The van der Waals surface area contributed by atoms with Gasteiger partial charge in [-0.15, -0.1) is 0 Å². The molecule has 21 heavy (non-hydrogen) atoms. The van der Waals surface area contributed by atoms with Crippen molar-refractivity contribution in [3.8, 4) is 0 Å².